The molecule has 0 saturated carbocycles. The zero-order valence-corrected chi connectivity index (χ0v) is 13.2. The quantitative estimate of drug-likeness (QED) is 0.592. The van der Waals surface area contributed by atoms with Gasteiger partial charge in [-0.3, -0.25) is 0 Å². The number of fused-ring (bicyclic) bond motifs is 1. The van der Waals surface area contributed by atoms with Gasteiger partial charge in [0.1, 0.15) is 5.69 Å². The zero-order chi connectivity index (χ0) is 16.2. The van der Waals surface area contributed by atoms with Crippen molar-refractivity contribution >= 4 is 10.9 Å². The van der Waals surface area contributed by atoms with Gasteiger partial charge < -0.3 is 9.72 Å². The summed E-state index contributed by atoms with van der Waals surface area (Å²) in [6.07, 6.45) is 3.88. The lowest BCUT2D eigenvalue weighted by molar-refractivity contribution is 0.104. The highest BCUT2D eigenvalue weighted by atomic mass is 16.5. The summed E-state index contributed by atoms with van der Waals surface area (Å²) in [4.78, 5) is 3.23. The number of H-pyrrole nitrogens is 1. The molecule has 0 aliphatic carbocycles. The van der Waals surface area contributed by atoms with Gasteiger partial charge in [-0.15, -0.1) is 5.10 Å². The molecule has 0 unspecified atom stereocenters. The molecule has 24 heavy (non-hydrogen) atoms. The van der Waals surface area contributed by atoms with Crippen LogP contribution in [0.3, 0.4) is 0 Å². The molecular formula is C19H18N4O. The summed E-state index contributed by atoms with van der Waals surface area (Å²) in [6.45, 7) is 1.74. The van der Waals surface area contributed by atoms with Gasteiger partial charge in [0.15, 0.2) is 0 Å². The Kier molecular flexibility index (Phi) is 4.08. The molecule has 2 aromatic heterocycles. The summed E-state index contributed by atoms with van der Waals surface area (Å²) in [5, 5.41) is 9.57. The Labute approximate surface area is 139 Å². The molecule has 0 aliphatic rings. The fraction of sp³-hybridized carbons (Fsp3) is 0.158. The van der Waals surface area contributed by atoms with E-state index in [4.69, 9.17) is 4.74 Å². The molecule has 0 aliphatic heterocycles. The Bertz CT molecular complexity index is 927. The highest BCUT2D eigenvalue weighted by Crippen LogP contribution is 2.15. The summed E-state index contributed by atoms with van der Waals surface area (Å²) in [5.74, 6) is 0. The lowest BCUT2D eigenvalue weighted by atomic mass is 10.1. The third-order valence-corrected chi connectivity index (χ3v) is 3.91. The fourth-order valence-electron chi connectivity index (χ4n) is 2.71. The first-order chi connectivity index (χ1) is 11.9. The molecule has 1 N–H and O–H groups in total. The maximum absolute atomic E-state index is 5.70. The topological polar surface area (TPSA) is 55.7 Å². The number of hydrogen-bond acceptors (Lipinski definition) is 3. The van der Waals surface area contributed by atoms with Gasteiger partial charge in [0, 0.05) is 11.7 Å². The highest BCUT2D eigenvalue weighted by Gasteiger charge is 2.04. The number of benzene rings is 2. The van der Waals surface area contributed by atoms with E-state index in [9.17, 15) is 0 Å². The predicted molar refractivity (Wildman–Crippen MR) is 92.4 cm³/mol. The molecule has 4 aromatic rings. The molecular weight excluding hydrogens is 300 g/mol. The Balaban J connectivity index is 1.35. The van der Waals surface area contributed by atoms with E-state index in [1.165, 1.54) is 10.9 Å². The molecule has 4 rings (SSSR count). The second-order valence-electron chi connectivity index (χ2n) is 5.79. The fourth-order valence-corrected chi connectivity index (χ4v) is 2.71. The van der Waals surface area contributed by atoms with Crippen LogP contribution in [0.2, 0.25) is 0 Å². The van der Waals surface area contributed by atoms with Crippen LogP contribution in [0.5, 0.6) is 0 Å². The molecule has 2 heterocycles. The van der Waals surface area contributed by atoms with Gasteiger partial charge >= 0.3 is 0 Å². The van der Waals surface area contributed by atoms with E-state index in [2.05, 4.69) is 39.6 Å². The maximum Gasteiger partial charge on any atom is 0.108 e. The first-order valence-corrected chi connectivity index (χ1v) is 7.93. The zero-order valence-electron chi connectivity index (χ0n) is 13.2. The average molecular weight is 318 g/mol. The smallest absolute Gasteiger partial charge is 0.108 e. The minimum Gasteiger partial charge on any atom is -0.370 e. The molecule has 5 heteroatoms. The van der Waals surface area contributed by atoms with Gasteiger partial charge in [0.25, 0.3) is 0 Å². The first kappa shape index (κ1) is 14.7. The summed E-state index contributed by atoms with van der Waals surface area (Å²) in [6, 6.07) is 18.6. The number of aromatic amines is 1. The van der Waals surface area contributed by atoms with Crippen molar-refractivity contribution in [2.45, 2.75) is 19.8 Å². The van der Waals surface area contributed by atoms with Crippen LogP contribution in [0.25, 0.3) is 10.9 Å². The molecule has 0 radical (unpaired) electrons. The maximum atomic E-state index is 5.70. The van der Waals surface area contributed by atoms with Crippen LogP contribution in [0.4, 0.5) is 0 Å². The van der Waals surface area contributed by atoms with Crippen LogP contribution < -0.4 is 0 Å². The molecule has 0 fully saturated rings. The van der Waals surface area contributed by atoms with Gasteiger partial charge in [0.2, 0.25) is 0 Å². The number of ether oxygens (including phenoxy) is 1. The molecule has 0 atom stereocenters. The van der Waals surface area contributed by atoms with Gasteiger partial charge in [-0.25, -0.2) is 4.68 Å². The number of nitrogens with one attached hydrogen (secondary N) is 1. The monoisotopic (exact) mass is 318 g/mol. The van der Waals surface area contributed by atoms with Gasteiger partial charge in [-0.1, -0.05) is 47.7 Å². The number of nitrogens with zero attached hydrogens (tertiary/aromatic N) is 3. The van der Waals surface area contributed by atoms with Crippen molar-refractivity contribution in [1.82, 2.24) is 20.0 Å². The third-order valence-electron chi connectivity index (χ3n) is 3.91. The molecule has 0 saturated heterocycles. The van der Waals surface area contributed by atoms with Crippen molar-refractivity contribution < 1.29 is 4.74 Å². The van der Waals surface area contributed by atoms with E-state index in [1.807, 2.05) is 47.4 Å². The Hall–Kier alpha value is -2.92. The van der Waals surface area contributed by atoms with E-state index < -0.39 is 0 Å². The summed E-state index contributed by atoms with van der Waals surface area (Å²) in [5.41, 5.74) is 4.32. The lowest BCUT2D eigenvalue weighted by Gasteiger charge is -2.02. The van der Waals surface area contributed by atoms with Crippen LogP contribution in [-0.4, -0.2) is 20.0 Å². The van der Waals surface area contributed by atoms with Crippen molar-refractivity contribution in [2.75, 3.05) is 0 Å². The Morgan fingerprint density at radius 1 is 0.958 bits per heavy atom. The predicted octanol–water partition coefficient (Wildman–Crippen LogP) is 3.52. The summed E-state index contributed by atoms with van der Waals surface area (Å²) in [7, 11) is 0. The molecule has 2 aromatic carbocycles. The van der Waals surface area contributed by atoms with Crippen LogP contribution >= 0.6 is 0 Å². The third kappa shape index (κ3) is 3.36. The second kappa shape index (κ2) is 6.68. The van der Waals surface area contributed by atoms with E-state index in [-0.39, 0.29) is 0 Å². The Morgan fingerprint density at radius 3 is 2.79 bits per heavy atom. The van der Waals surface area contributed by atoms with Gasteiger partial charge in [-0.05, 0) is 28.6 Å². The number of aromatic nitrogens is 4. The Morgan fingerprint density at radius 2 is 1.88 bits per heavy atom. The van der Waals surface area contributed by atoms with Crippen molar-refractivity contribution in [1.29, 1.82) is 0 Å². The van der Waals surface area contributed by atoms with Crippen LogP contribution in [0.15, 0.2) is 67.0 Å². The van der Waals surface area contributed by atoms with Crippen LogP contribution in [0.1, 0.15) is 16.8 Å². The van der Waals surface area contributed by atoms with Crippen molar-refractivity contribution in [3.05, 3.63) is 83.8 Å². The van der Waals surface area contributed by atoms with Gasteiger partial charge in [0.05, 0.1) is 26.0 Å². The van der Waals surface area contributed by atoms with Crippen molar-refractivity contribution in [3.8, 4) is 0 Å². The largest absolute Gasteiger partial charge is 0.370 e. The van der Waals surface area contributed by atoms with Crippen LogP contribution in [-0.2, 0) is 24.5 Å². The molecule has 0 spiro atoms. The van der Waals surface area contributed by atoms with Crippen molar-refractivity contribution in [2.24, 2.45) is 0 Å². The van der Waals surface area contributed by atoms with Crippen molar-refractivity contribution in [3.63, 3.8) is 0 Å². The number of hydrogen-bond donors (Lipinski definition) is 1. The summed E-state index contributed by atoms with van der Waals surface area (Å²) < 4.78 is 7.53. The van der Waals surface area contributed by atoms with Crippen LogP contribution in [0, 0.1) is 0 Å². The van der Waals surface area contributed by atoms with E-state index in [0.29, 0.717) is 19.8 Å². The van der Waals surface area contributed by atoms with E-state index >= 15 is 0 Å². The minimum absolute atomic E-state index is 0.463. The molecule has 120 valence electrons. The minimum atomic E-state index is 0.463. The SMILES string of the molecule is c1ccc(COCc2cn(Cc3ccc4cc[nH]c4c3)nn2)cc1. The second-order valence-corrected chi connectivity index (χ2v) is 5.79. The average Bonchev–Trinajstić information content (AvgIpc) is 3.25. The molecule has 0 amide bonds. The van der Waals surface area contributed by atoms with E-state index in [0.717, 1.165) is 16.8 Å². The van der Waals surface area contributed by atoms with E-state index in [1.54, 1.807) is 0 Å². The molecule has 5 nitrogen and oxygen atoms in total. The highest BCUT2D eigenvalue weighted by molar-refractivity contribution is 5.79. The standard InChI is InChI=1S/C19H18N4O/c1-2-4-15(5-3-1)13-24-14-18-12-23(22-21-18)11-16-6-7-17-8-9-20-19(17)10-16/h1-10,12,20H,11,13-14H2. The summed E-state index contributed by atoms with van der Waals surface area (Å²) >= 11 is 0. The lowest BCUT2D eigenvalue weighted by Crippen LogP contribution is -2.00. The normalized spacial score (nSPS) is 11.2. The number of rotatable bonds is 6. The molecule has 0 bridgehead atoms. The first-order valence-electron chi connectivity index (χ1n) is 7.93. The van der Waals surface area contributed by atoms with Gasteiger partial charge in [-0.2, -0.15) is 0 Å².